The SMILES string of the molecule is C[S+](=O)(C#Cc1ccccc1)Cc1ccc(Oc2ccccc2)cc1.FC(F)(F)c1cc([B-](c2cc(C(F)(F)F)cc(C(F)(F)F)c2)(c2cc(C(F)(F)F)cc(C(F)(F)F)c2)c2cc(C(F)(F)F)cc(C(F)(F)F)c2)cc(C(F)(F)F)c1. The maximum atomic E-state index is 14.2. The van der Waals surface area contributed by atoms with Gasteiger partial charge in [-0.25, -0.2) is 0 Å². The first-order valence-electron chi connectivity index (χ1n) is 22.6. The lowest BCUT2D eigenvalue weighted by Gasteiger charge is -2.46. The van der Waals surface area contributed by atoms with Crippen molar-refractivity contribution < 1.29 is 114 Å². The van der Waals surface area contributed by atoms with Crippen LogP contribution in [0, 0.1) is 11.2 Å². The molecule has 0 spiro atoms. The molecule has 0 N–H and O–H groups in total. The Morgan fingerprint density at radius 3 is 0.854 bits per heavy atom. The molecule has 2 nitrogen and oxygen atoms in total. The van der Waals surface area contributed by atoms with Crippen molar-refractivity contribution in [3.8, 4) is 22.7 Å². The topological polar surface area (TPSA) is 26.3 Å². The average molecular weight is 1210 g/mol. The van der Waals surface area contributed by atoms with E-state index >= 15 is 0 Å². The molecule has 0 heterocycles. The van der Waals surface area contributed by atoms with Crippen LogP contribution in [0.5, 0.6) is 11.5 Å². The molecule has 0 aromatic heterocycles. The molecule has 0 aliphatic carbocycles. The van der Waals surface area contributed by atoms with Crippen LogP contribution in [0.15, 0.2) is 158 Å². The number of ether oxygens (including phenoxy) is 1. The van der Waals surface area contributed by atoms with Gasteiger partial charge in [-0.05, 0) is 66.6 Å². The van der Waals surface area contributed by atoms with Crippen LogP contribution in [0.3, 0.4) is 0 Å². The van der Waals surface area contributed by atoms with E-state index in [1.54, 1.807) is 6.26 Å². The number of halogens is 24. The van der Waals surface area contributed by atoms with Crippen LogP contribution in [0.25, 0.3) is 0 Å². The quantitative estimate of drug-likeness (QED) is 0.0656. The number of rotatable bonds is 8. The van der Waals surface area contributed by atoms with Crippen molar-refractivity contribution >= 4 is 37.9 Å². The highest BCUT2D eigenvalue weighted by atomic mass is 32.2. The normalized spacial score (nSPS) is 13.8. The fraction of sp³-hybridized carbons (Fsp3) is 0.185. The molecule has 1 atom stereocenters. The molecule has 436 valence electrons. The minimum Gasteiger partial charge on any atom is -0.457 e. The number of para-hydroxylation sites is 1. The lowest BCUT2D eigenvalue weighted by molar-refractivity contribution is -0.144. The van der Waals surface area contributed by atoms with Crippen molar-refractivity contribution in [3.63, 3.8) is 0 Å². The van der Waals surface area contributed by atoms with Crippen molar-refractivity contribution in [3.05, 3.63) is 213 Å². The van der Waals surface area contributed by atoms with Gasteiger partial charge >= 0.3 is 49.4 Å². The third-order valence-corrected chi connectivity index (χ3v) is 13.4. The standard InChI is InChI=1S/C32H12BF24.C22H19O2S/c34-25(35,36)13-1-14(26(37,38)39)6-21(5-13)33(22-7-15(27(40,41)42)2-16(8-22)28(43,44)45,23-9-17(29(46,47)48)3-18(10-23)30(49,50)51)24-11-19(31(52,53)54)4-20(12-24)32(55,56)57;1-25(23,17-16-19-8-4-2-5-9-19)18-20-12-14-22(15-13-20)24-21-10-6-3-7-11-21/h1-12H;2-15H,18H2,1H3/q-1;+1. The molecule has 0 saturated heterocycles. The second-order valence-electron chi connectivity index (χ2n) is 18.0. The van der Waals surface area contributed by atoms with Gasteiger partial charge in [-0.2, -0.15) is 127 Å². The first kappa shape index (κ1) is 63.6. The van der Waals surface area contributed by atoms with Gasteiger partial charge in [0.1, 0.15) is 29.7 Å². The van der Waals surface area contributed by atoms with E-state index in [0.717, 1.165) is 22.6 Å². The molecule has 1 unspecified atom stereocenters. The summed E-state index contributed by atoms with van der Waals surface area (Å²) in [5, 5.41) is 2.92. The molecular weight excluding hydrogens is 1180 g/mol. The monoisotopic (exact) mass is 1210 g/mol. The van der Waals surface area contributed by atoms with Gasteiger partial charge in [0.25, 0.3) is 0 Å². The first-order valence-corrected chi connectivity index (χ1v) is 24.7. The van der Waals surface area contributed by atoms with Gasteiger partial charge in [0.05, 0.1) is 44.5 Å². The molecule has 7 rings (SSSR count). The van der Waals surface area contributed by atoms with Crippen LogP contribution < -0.4 is 26.6 Å². The minimum absolute atomic E-state index is 0.429. The molecule has 7 aromatic rings. The highest BCUT2D eigenvalue weighted by Gasteiger charge is 2.47. The maximum absolute atomic E-state index is 14.2. The third kappa shape index (κ3) is 15.7. The Hall–Kier alpha value is -7.57. The summed E-state index contributed by atoms with van der Waals surface area (Å²) in [6, 6.07) is 18.1. The summed E-state index contributed by atoms with van der Waals surface area (Å²) in [6.45, 7) is 0. The predicted octanol–water partition coefficient (Wildman–Crippen LogP) is 16.3. The van der Waals surface area contributed by atoms with Crippen LogP contribution in [0.4, 0.5) is 105 Å². The van der Waals surface area contributed by atoms with E-state index in [1.807, 2.05) is 84.9 Å². The van der Waals surface area contributed by atoms with Crippen LogP contribution >= 0.6 is 0 Å². The number of alkyl halides is 24. The van der Waals surface area contributed by atoms with Gasteiger partial charge in [-0.3, -0.25) is 0 Å². The summed E-state index contributed by atoms with van der Waals surface area (Å²) < 4.78 is 359. The Balaban J connectivity index is 0.000000357. The van der Waals surface area contributed by atoms with Gasteiger partial charge < -0.3 is 4.74 Å². The smallest absolute Gasteiger partial charge is 0.416 e. The van der Waals surface area contributed by atoms with Crippen LogP contribution in [0.1, 0.15) is 55.6 Å². The van der Waals surface area contributed by atoms with E-state index in [-0.39, 0.29) is 0 Å². The molecule has 7 aromatic carbocycles. The lowest BCUT2D eigenvalue weighted by Crippen LogP contribution is -2.75. The molecule has 0 bridgehead atoms. The van der Waals surface area contributed by atoms with Gasteiger partial charge in [0.15, 0.2) is 15.2 Å². The Morgan fingerprint density at radius 2 is 0.598 bits per heavy atom. The summed E-state index contributed by atoms with van der Waals surface area (Å²) in [5.74, 6) is 4.98. The van der Waals surface area contributed by atoms with E-state index in [0.29, 0.717) is 5.75 Å². The third-order valence-electron chi connectivity index (χ3n) is 12.0. The Morgan fingerprint density at radius 1 is 0.354 bits per heavy atom. The summed E-state index contributed by atoms with van der Waals surface area (Å²) in [7, 11) is -2.26. The molecule has 0 amide bonds. The molecular formula is C54H31BF24O2S. The zero-order valence-electron chi connectivity index (χ0n) is 40.6. The molecule has 0 aliphatic rings. The summed E-state index contributed by atoms with van der Waals surface area (Å²) in [5.41, 5.74) is -28.3. The second-order valence-corrected chi connectivity index (χ2v) is 20.5. The van der Waals surface area contributed by atoms with Crippen LogP contribution in [-0.2, 0) is 69.3 Å². The van der Waals surface area contributed by atoms with E-state index in [1.165, 1.54) is 0 Å². The minimum atomic E-state index is -6.13. The highest BCUT2D eigenvalue weighted by Crippen LogP contribution is 2.42. The van der Waals surface area contributed by atoms with Gasteiger partial charge in [-0.1, -0.05) is 101 Å². The highest BCUT2D eigenvalue weighted by molar-refractivity contribution is 8.05. The Labute approximate surface area is 448 Å². The zero-order valence-corrected chi connectivity index (χ0v) is 41.4. The van der Waals surface area contributed by atoms with Crippen molar-refractivity contribution in [2.75, 3.05) is 6.26 Å². The van der Waals surface area contributed by atoms with E-state index < -0.39 is 205 Å². The maximum Gasteiger partial charge on any atom is 0.416 e. The zero-order chi connectivity index (χ0) is 61.5. The van der Waals surface area contributed by atoms with Crippen LogP contribution in [0.2, 0.25) is 0 Å². The average Bonchev–Trinajstić information content (AvgIpc) is 1.58. The number of benzene rings is 7. The van der Waals surface area contributed by atoms with Gasteiger partial charge in [-0.15, -0.1) is 0 Å². The van der Waals surface area contributed by atoms with Crippen molar-refractivity contribution in [2.24, 2.45) is 0 Å². The second kappa shape index (κ2) is 22.6. The molecule has 0 aliphatic heterocycles. The van der Waals surface area contributed by atoms with Crippen molar-refractivity contribution in [1.82, 2.24) is 0 Å². The predicted molar refractivity (Wildman–Crippen MR) is 254 cm³/mol. The van der Waals surface area contributed by atoms with Gasteiger partial charge in [0.2, 0.25) is 0 Å². The van der Waals surface area contributed by atoms with Gasteiger partial charge in [0, 0.05) is 11.1 Å². The fourth-order valence-electron chi connectivity index (χ4n) is 8.39. The van der Waals surface area contributed by atoms with Crippen LogP contribution in [-0.4, -0.2) is 12.4 Å². The molecule has 0 fully saturated rings. The van der Waals surface area contributed by atoms with E-state index in [9.17, 15) is 110 Å². The van der Waals surface area contributed by atoms with E-state index in [4.69, 9.17) is 4.74 Å². The van der Waals surface area contributed by atoms with E-state index in [2.05, 4.69) is 11.2 Å². The number of hydrogen-bond acceptors (Lipinski definition) is 2. The number of hydrogen-bond donors (Lipinski definition) is 0. The fourth-order valence-corrected chi connectivity index (χ4v) is 9.63. The Kier molecular flexibility index (Phi) is 17.6. The molecule has 0 radical (unpaired) electrons. The molecule has 0 saturated carbocycles. The first-order chi connectivity index (χ1) is 37.4. The largest absolute Gasteiger partial charge is 0.457 e. The lowest BCUT2D eigenvalue weighted by atomic mass is 9.12. The summed E-state index contributed by atoms with van der Waals surface area (Å²) in [4.78, 5) is 0. The Bertz CT molecular complexity index is 3070. The summed E-state index contributed by atoms with van der Waals surface area (Å²) in [6.07, 6.45) is -53.1. The van der Waals surface area contributed by atoms with Crippen molar-refractivity contribution in [2.45, 2.75) is 55.2 Å². The van der Waals surface area contributed by atoms with Crippen molar-refractivity contribution in [1.29, 1.82) is 0 Å². The molecule has 82 heavy (non-hydrogen) atoms. The summed E-state index contributed by atoms with van der Waals surface area (Å²) >= 11 is 0. The molecule has 28 heteroatoms.